The van der Waals surface area contributed by atoms with Crippen LogP contribution in [0.25, 0.3) is 0 Å². The van der Waals surface area contributed by atoms with E-state index in [1.165, 1.54) is 0 Å². The molecular weight excluding hydrogens is 324 g/mol. The minimum Gasteiger partial charge on any atom is -0.454 e. The minimum absolute atomic E-state index is 0.0669. The standard InChI is InChI=1S/C14H17BrN2O3/c1-8-6-16-3-2-11(8)17-14(18)9-4-10(15)13-12(5-9)19-7-20-13/h4-5,8,11,16H,2-3,6-7H2,1H3,(H,17,18). The number of piperidine rings is 1. The highest BCUT2D eigenvalue weighted by molar-refractivity contribution is 9.10. The van der Waals surface area contributed by atoms with Crippen molar-refractivity contribution in [3.8, 4) is 11.5 Å². The van der Waals surface area contributed by atoms with Gasteiger partial charge in [-0.2, -0.15) is 0 Å². The number of rotatable bonds is 2. The van der Waals surface area contributed by atoms with Gasteiger partial charge in [-0.05, 0) is 53.5 Å². The van der Waals surface area contributed by atoms with Gasteiger partial charge in [-0.1, -0.05) is 6.92 Å². The summed E-state index contributed by atoms with van der Waals surface area (Å²) in [5, 5.41) is 6.43. The zero-order valence-electron chi connectivity index (χ0n) is 11.2. The first-order valence-corrected chi connectivity index (χ1v) is 7.55. The molecule has 1 saturated heterocycles. The molecule has 2 N–H and O–H groups in total. The van der Waals surface area contributed by atoms with Crippen LogP contribution in [0.5, 0.6) is 11.5 Å². The van der Waals surface area contributed by atoms with Crippen molar-refractivity contribution in [2.75, 3.05) is 19.9 Å². The monoisotopic (exact) mass is 340 g/mol. The molecule has 5 nitrogen and oxygen atoms in total. The van der Waals surface area contributed by atoms with Gasteiger partial charge in [-0.15, -0.1) is 0 Å². The van der Waals surface area contributed by atoms with Crippen LogP contribution in [0, 0.1) is 5.92 Å². The molecule has 2 unspecified atom stereocenters. The highest BCUT2D eigenvalue weighted by Gasteiger charge is 2.25. The Morgan fingerprint density at radius 3 is 3.10 bits per heavy atom. The third-order valence-corrected chi connectivity index (χ3v) is 4.38. The Bertz CT molecular complexity index is 535. The number of hydrogen-bond acceptors (Lipinski definition) is 4. The summed E-state index contributed by atoms with van der Waals surface area (Å²) in [6.45, 7) is 4.23. The van der Waals surface area contributed by atoms with E-state index in [0.717, 1.165) is 24.0 Å². The quantitative estimate of drug-likeness (QED) is 0.863. The number of nitrogens with one attached hydrogen (secondary N) is 2. The smallest absolute Gasteiger partial charge is 0.251 e. The lowest BCUT2D eigenvalue weighted by atomic mass is 9.95. The van der Waals surface area contributed by atoms with Crippen LogP contribution < -0.4 is 20.1 Å². The van der Waals surface area contributed by atoms with E-state index < -0.39 is 0 Å². The summed E-state index contributed by atoms with van der Waals surface area (Å²) in [6, 6.07) is 3.72. The van der Waals surface area contributed by atoms with Crippen LogP contribution in [-0.2, 0) is 0 Å². The number of ether oxygens (including phenoxy) is 2. The fourth-order valence-corrected chi connectivity index (χ4v) is 3.14. The van der Waals surface area contributed by atoms with Gasteiger partial charge in [-0.3, -0.25) is 4.79 Å². The number of halogens is 1. The van der Waals surface area contributed by atoms with Crippen molar-refractivity contribution in [3.05, 3.63) is 22.2 Å². The van der Waals surface area contributed by atoms with Crippen molar-refractivity contribution in [3.63, 3.8) is 0 Å². The van der Waals surface area contributed by atoms with Crippen LogP contribution in [0.2, 0.25) is 0 Å². The van der Waals surface area contributed by atoms with Gasteiger partial charge in [0.25, 0.3) is 5.91 Å². The van der Waals surface area contributed by atoms with Crippen LogP contribution in [0.15, 0.2) is 16.6 Å². The average molecular weight is 341 g/mol. The predicted octanol–water partition coefficient (Wildman–Crippen LogP) is 1.91. The summed E-state index contributed by atoms with van der Waals surface area (Å²) in [5.74, 6) is 1.65. The summed E-state index contributed by atoms with van der Waals surface area (Å²) in [5.41, 5.74) is 0.590. The Labute approximate surface area is 126 Å². The van der Waals surface area contributed by atoms with E-state index in [-0.39, 0.29) is 18.7 Å². The SMILES string of the molecule is CC1CNCCC1NC(=O)c1cc(Br)c2c(c1)OCO2. The summed E-state index contributed by atoms with van der Waals surface area (Å²) in [7, 11) is 0. The normalized spacial score (nSPS) is 24.5. The van der Waals surface area contributed by atoms with Crippen LogP contribution in [0.4, 0.5) is 0 Å². The van der Waals surface area contributed by atoms with E-state index in [1.807, 2.05) is 0 Å². The third-order valence-electron chi connectivity index (χ3n) is 3.79. The maximum absolute atomic E-state index is 12.4. The van der Waals surface area contributed by atoms with Crippen LogP contribution >= 0.6 is 15.9 Å². The minimum atomic E-state index is -0.0669. The molecular formula is C14H17BrN2O3. The molecule has 2 aliphatic heterocycles. The number of benzene rings is 1. The molecule has 0 bridgehead atoms. The lowest BCUT2D eigenvalue weighted by molar-refractivity contribution is 0.0913. The first kappa shape index (κ1) is 13.7. The molecule has 3 rings (SSSR count). The van der Waals surface area contributed by atoms with Crippen molar-refractivity contribution in [2.45, 2.75) is 19.4 Å². The van der Waals surface area contributed by atoms with Crippen molar-refractivity contribution < 1.29 is 14.3 Å². The first-order chi connectivity index (χ1) is 9.65. The van der Waals surface area contributed by atoms with E-state index in [9.17, 15) is 4.79 Å². The molecule has 1 aromatic carbocycles. The second-order valence-electron chi connectivity index (χ2n) is 5.24. The third kappa shape index (κ3) is 2.62. The Balaban J connectivity index is 1.75. The lowest BCUT2D eigenvalue weighted by Crippen LogP contribution is -2.48. The summed E-state index contributed by atoms with van der Waals surface area (Å²) < 4.78 is 11.4. The molecule has 0 spiro atoms. The number of carbonyl (C=O) groups is 1. The Morgan fingerprint density at radius 2 is 2.30 bits per heavy atom. The molecule has 1 fully saturated rings. The van der Waals surface area contributed by atoms with E-state index in [2.05, 4.69) is 33.5 Å². The van der Waals surface area contributed by atoms with Crippen molar-refractivity contribution in [2.24, 2.45) is 5.92 Å². The summed E-state index contributed by atoms with van der Waals surface area (Å²) >= 11 is 3.41. The number of carbonyl (C=O) groups excluding carboxylic acids is 1. The highest BCUT2D eigenvalue weighted by Crippen LogP contribution is 2.39. The zero-order valence-corrected chi connectivity index (χ0v) is 12.8. The van der Waals surface area contributed by atoms with Gasteiger partial charge >= 0.3 is 0 Å². The number of hydrogen-bond donors (Lipinski definition) is 2. The first-order valence-electron chi connectivity index (χ1n) is 6.76. The molecule has 20 heavy (non-hydrogen) atoms. The van der Waals surface area contributed by atoms with Gasteiger partial charge in [0.1, 0.15) is 0 Å². The van der Waals surface area contributed by atoms with Crippen LogP contribution in [-0.4, -0.2) is 31.8 Å². The number of amides is 1. The summed E-state index contributed by atoms with van der Waals surface area (Å²) in [4.78, 5) is 12.4. The highest BCUT2D eigenvalue weighted by atomic mass is 79.9. The fourth-order valence-electron chi connectivity index (χ4n) is 2.58. The summed E-state index contributed by atoms with van der Waals surface area (Å²) in [6.07, 6.45) is 0.957. The Morgan fingerprint density at radius 1 is 1.45 bits per heavy atom. The average Bonchev–Trinajstić information content (AvgIpc) is 2.90. The van der Waals surface area contributed by atoms with Crippen molar-refractivity contribution in [1.29, 1.82) is 0 Å². The molecule has 0 aromatic heterocycles. The zero-order chi connectivity index (χ0) is 14.1. The van der Waals surface area contributed by atoms with Gasteiger partial charge in [0, 0.05) is 11.6 Å². The number of fused-ring (bicyclic) bond motifs is 1. The van der Waals surface area contributed by atoms with Gasteiger partial charge in [-0.25, -0.2) is 0 Å². The van der Waals surface area contributed by atoms with E-state index in [1.54, 1.807) is 12.1 Å². The topological polar surface area (TPSA) is 59.6 Å². The van der Waals surface area contributed by atoms with E-state index in [0.29, 0.717) is 23.0 Å². The molecule has 2 heterocycles. The largest absolute Gasteiger partial charge is 0.454 e. The van der Waals surface area contributed by atoms with Gasteiger partial charge in [0.2, 0.25) is 6.79 Å². The lowest BCUT2D eigenvalue weighted by Gasteiger charge is -2.30. The van der Waals surface area contributed by atoms with Crippen molar-refractivity contribution >= 4 is 21.8 Å². The molecule has 1 aromatic rings. The fraction of sp³-hybridized carbons (Fsp3) is 0.500. The predicted molar refractivity (Wildman–Crippen MR) is 78.2 cm³/mol. The van der Waals surface area contributed by atoms with Crippen LogP contribution in [0.1, 0.15) is 23.7 Å². The van der Waals surface area contributed by atoms with Gasteiger partial charge in [0.15, 0.2) is 11.5 Å². The Kier molecular flexibility index (Phi) is 3.85. The molecule has 0 saturated carbocycles. The molecule has 0 aliphatic carbocycles. The van der Waals surface area contributed by atoms with E-state index >= 15 is 0 Å². The molecule has 6 heteroatoms. The Hall–Kier alpha value is -1.27. The molecule has 2 aliphatic rings. The molecule has 1 amide bonds. The van der Waals surface area contributed by atoms with Crippen LogP contribution in [0.3, 0.4) is 0 Å². The molecule has 0 radical (unpaired) electrons. The van der Waals surface area contributed by atoms with Crippen molar-refractivity contribution in [1.82, 2.24) is 10.6 Å². The second-order valence-corrected chi connectivity index (χ2v) is 6.10. The maximum atomic E-state index is 12.4. The second kappa shape index (κ2) is 5.61. The van der Waals surface area contributed by atoms with E-state index in [4.69, 9.17) is 9.47 Å². The van der Waals surface area contributed by atoms with Gasteiger partial charge in [0.05, 0.1) is 4.47 Å². The van der Waals surface area contributed by atoms with Gasteiger partial charge < -0.3 is 20.1 Å². The maximum Gasteiger partial charge on any atom is 0.251 e. The molecule has 108 valence electrons. The molecule has 2 atom stereocenters.